The molecular formula is C19H20N4O5. The molecule has 0 saturated heterocycles. The lowest BCUT2D eigenvalue weighted by Crippen LogP contribution is -2.37. The van der Waals surface area contributed by atoms with E-state index in [-0.39, 0.29) is 29.3 Å². The van der Waals surface area contributed by atoms with Crippen molar-refractivity contribution in [3.8, 4) is 0 Å². The molecular weight excluding hydrogens is 364 g/mol. The van der Waals surface area contributed by atoms with E-state index in [4.69, 9.17) is 9.26 Å². The Morgan fingerprint density at radius 2 is 2.00 bits per heavy atom. The maximum Gasteiger partial charge on any atom is 0.361 e. The van der Waals surface area contributed by atoms with E-state index in [1.807, 2.05) is 30.3 Å². The Morgan fingerprint density at radius 1 is 1.25 bits per heavy atom. The highest BCUT2D eigenvalue weighted by atomic mass is 16.5. The van der Waals surface area contributed by atoms with Crippen LogP contribution < -0.4 is 10.9 Å². The monoisotopic (exact) mass is 384 g/mol. The topological polar surface area (TPSA) is 116 Å². The van der Waals surface area contributed by atoms with Gasteiger partial charge in [0.05, 0.1) is 6.61 Å². The van der Waals surface area contributed by atoms with Crippen LogP contribution in [0.2, 0.25) is 0 Å². The van der Waals surface area contributed by atoms with Crippen molar-refractivity contribution in [2.75, 3.05) is 6.61 Å². The van der Waals surface area contributed by atoms with Gasteiger partial charge < -0.3 is 14.6 Å². The Morgan fingerprint density at radius 3 is 2.68 bits per heavy atom. The molecule has 9 nitrogen and oxygen atoms in total. The number of esters is 1. The van der Waals surface area contributed by atoms with E-state index in [0.29, 0.717) is 13.0 Å². The first-order valence-electron chi connectivity index (χ1n) is 8.92. The zero-order chi connectivity index (χ0) is 20.1. The largest absolute Gasteiger partial charge is 0.461 e. The smallest absolute Gasteiger partial charge is 0.361 e. The number of nitrogens with zero attached hydrogens (tertiary/aromatic N) is 3. The summed E-state index contributed by atoms with van der Waals surface area (Å²) < 4.78 is 11.0. The van der Waals surface area contributed by atoms with Crippen molar-refractivity contribution in [1.82, 2.24) is 20.0 Å². The van der Waals surface area contributed by atoms with E-state index >= 15 is 0 Å². The summed E-state index contributed by atoms with van der Waals surface area (Å²) in [6.45, 7) is 3.88. The lowest BCUT2D eigenvalue weighted by Gasteiger charge is -2.17. The first kappa shape index (κ1) is 19.3. The van der Waals surface area contributed by atoms with E-state index in [1.54, 1.807) is 13.8 Å². The van der Waals surface area contributed by atoms with Gasteiger partial charge in [-0.1, -0.05) is 42.4 Å². The Kier molecular flexibility index (Phi) is 5.83. The summed E-state index contributed by atoms with van der Waals surface area (Å²) in [6, 6.07) is 8.64. The van der Waals surface area contributed by atoms with Crippen LogP contribution in [0.15, 0.2) is 46.0 Å². The third-order valence-electron chi connectivity index (χ3n) is 4.23. The third kappa shape index (κ3) is 3.78. The van der Waals surface area contributed by atoms with Gasteiger partial charge in [-0.3, -0.25) is 14.2 Å². The van der Waals surface area contributed by atoms with Gasteiger partial charge in [0.25, 0.3) is 11.3 Å². The minimum absolute atomic E-state index is 0.0798. The van der Waals surface area contributed by atoms with Crippen LogP contribution in [0, 0.1) is 0 Å². The molecule has 0 bridgehead atoms. The summed E-state index contributed by atoms with van der Waals surface area (Å²) in [5.74, 6) is -1.11. The number of nitrogens with one attached hydrogen (secondary N) is 1. The molecule has 2 aromatic heterocycles. The third-order valence-corrected chi connectivity index (χ3v) is 4.23. The van der Waals surface area contributed by atoms with Gasteiger partial charge in [0.2, 0.25) is 11.6 Å². The predicted octanol–water partition coefficient (Wildman–Crippen LogP) is 1.83. The average molecular weight is 384 g/mol. The molecule has 2 heterocycles. The van der Waals surface area contributed by atoms with Crippen LogP contribution in [-0.2, 0) is 16.1 Å². The van der Waals surface area contributed by atoms with Crippen LogP contribution >= 0.6 is 0 Å². The average Bonchev–Trinajstić information content (AvgIpc) is 3.15. The molecule has 0 aliphatic heterocycles. The Balaban J connectivity index is 1.90. The summed E-state index contributed by atoms with van der Waals surface area (Å²) >= 11 is 0. The molecule has 3 aromatic rings. The Hall–Kier alpha value is -3.49. The molecule has 146 valence electrons. The second kappa shape index (κ2) is 8.47. The highest BCUT2D eigenvalue weighted by Crippen LogP contribution is 2.16. The van der Waals surface area contributed by atoms with Crippen molar-refractivity contribution in [3.05, 3.63) is 58.3 Å². The van der Waals surface area contributed by atoms with Crippen LogP contribution in [0.1, 0.15) is 42.4 Å². The normalized spacial score (nSPS) is 11.9. The molecule has 1 aromatic carbocycles. The summed E-state index contributed by atoms with van der Waals surface area (Å²) in [5.41, 5.74) is 0.0263. The fourth-order valence-electron chi connectivity index (χ4n) is 2.83. The molecule has 0 saturated carbocycles. The fourth-order valence-corrected chi connectivity index (χ4v) is 2.83. The van der Waals surface area contributed by atoms with Crippen LogP contribution in [0.4, 0.5) is 0 Å². The number of carbonyl (C=O) groups excluding carboxylic acids is 2. The number of fused-ring (bicyclic) bond motifs is 1. The fraction of sp³-hybridized carbons (Fsp3) is 0.316. The van der Waals surface area contributed by atoms with Gasteiger partial charge in [-0.15, -0.1) is 0 Å². The number of hydrogen-bond acceptors (Lipinski definition) is 7. The van der Waals surface area contributed by atoms with Gasteiger partial charge in [-0.25, -0.2) is 9.78 Å². The van der Waals surface area contributed by atoms with E-state index in [2.05, 4.69) is 15.5 Å². The number of benzene rings is 1. The molecule has 0 radical (unpaired) electrons. The number of rotatable bonds is 7. The van der Waals surface area contributed by atoms with Gasteiger partial charge >= 0.3 is 5.97 Å². The maximum absolute atomic E-state index is 12.9. The Bertz CT molecular complexity index is 1040. The second-order valence-electron chi connectivity index (χ2n) is 6.02. The zero-order valence-electron chi connectivity index (χ0n) is 15.5. The van der Waals surface area contributed by atoms with E-state index < -0.39 is 17.6 Å². The van der Waals surface area contributed by atoms with Gasteiger partial charge in [-0.2, -0.15) is 0 Å². The minimum Gasteiger partial charge on any atom is -0.461 e. The summed E-state index contributed by atoms with van der Waals surface area (Å²) in [5, 5.41) is 6.31. The van der Waals surface area contributed by atoms with Crippen LogP contribution in [-0.4, -0.2) is 33.2 Å². The van der Waals surface area contributed by atoms with Crippen LogP contribution in [0.5, 0.6) is 0 Å². The molecule has 0 aliphatic rings. The first-order chi connectivity index (χ1) is 13.6. The summed E-state index contributed by atoms with van der Waals surface area (Å²) in [7, 11) is 0. The Labute approximate surface area is 160 Å². The maximum atomic E-state index is 12.9. The molecule has 28 heavy (non-hydrogen) atoms. The van der Waals surface area contributed by atoms with Gasteiger partial charge in [0.15, 0.2) is 0 Å². The quantitative estimate of drug-likeness (QED) is 0.618. The van der Waals surface area contributed by atoms with Crippen molar-refractivity contribution < 1.29 is 18.8 Å². The van der Waals surface area contributed by atoms with Crippen molar-refractivity contribution in [2.24, 2.45) is 0 Å². The number of ether oxygens (including phenoxy) is 1. The van der Waals surface area contributed by atoms with Crippen molar-refractivity contribution in [3.63, 3.8) is 0 Å². The molecule has 1 amide bonds. The van der Waals surface area contributed by atoms with Crippen LogP contribution in [0.3, 0.4) is 0 Å². The van der Waals surface area contributed by atoms with E-state index in [9.17, 15) is 14.4 Å². The van der Waals surface area contributed by atoms with Gasteiger partial charge in [0.1, 0.15) is 17.8 Å². The highest BCUT2D eigenvalue weighted by molar-refractivity contribution is 5.99. The van der Waals surface area contributed by atoms with E-state index in [0.717, 1.165) is 5.56 Å². The molecule has 9 heteroatoms. The first-order valence-corrected chi connectivity index (χ1v) is 8.92. The predicted molar refractivity (Wildman–Crippen MR) is 99.6 cm³/mol. The zero-order valence-corrected chi connectivity index (χ0v) is 15.5. The number of carbonyl (C=O) groups is 2. The van der Waals surface area contributed by atoms with Crippen LogP contribution in [0.25, 0.3) is 11.1 Å². The molecule has 1 atom stereocenters. The highest BCUT2D eigenvalue weighted by Gasteiger charge is 2.26. The molecule has 0 aliphatic carbocycles. The molecule has 0 spiro atoms. The standard InChI is InChI=1S/C19H20N4O5/c1-3-13(16(24)20-10-12-8-6-5-7-9-12)23-11-21-17-14(18(23)25)15(22-28-17)19(26)27-4-2/h5-9,11,13H,3-4,10H2,1-2H3,(H,20,24)/t13-/m0/s1. The summed E-state index contributed by atoms with van der Waals surface area (Å²) in [4.78, 5) is 41.6. The lowest BCUT2D eigenvalue weighted by molar-refractivity contribution is -0.124. The van der Waals surface area contributed by atoms with E-state index in [1.165, 1.54) is 10.9 Å². The van der Waals surface area contributed by atoms with Crippen molar-refractivity contribution in [1.29, 1.82) is 0 Å². The van der Waals surface area contributed by atoms with Crippen molar-refractivity contribution >= 4 is 23.0 Å². The SMILES string of the molecule is CCOC(=O)c1noc2ncn([C@@H](CC)C(=O)NCc3ccccc3)c(=O)c12. The summed E-state index contributed by atoms with van der Waals surface area (Å²) in [6.07, 6.45) is 1.58. The van der Waals surface area contributed by atoms with Gasteiger partial charge in [0, 0.05) is 6.54 Å². The minimum atomic E-state index is -0.793. The second-order valence-corrected chi connectivity index (χ2v) is 6.02. The molecule has 0 fully saturated rings. The number of hydrogen-bond donors (Lipinski definition) is 1. The molecule has 0 unspecified atom stereocenters. The molecule has 3 rings (SSSR count). The van der Waals surface area contributed by atoms with Crippen molar-refractivity contribution in [2.45, 2.75) is 32.9 Å². The number of aromatic nitrogens is 3. The van der Waals surface area contributed by atoms with Gasteiger partial charge in [-0.05, 0) is 18.9 Å². The molecule has 1 N–H and O–H groups in total. The lowest BCUT2D eigenvalue weighted by atomic mass is 10.1. The number of amides is 1.